The number of benzene rings is 1. The van der Waals surface area contributed by atoms with E-state index in [1.54, 1.807) is 17.7 Å². The first-order chi connectivity index (χ1) is 13.8. The van der Waals surface area contributed by atoms with Crippen molar-refractivity contribution >= 4 is 41.3 Å². The van der Waals surface area contributed by atoms with E-state index in [-0.39, 0.29) is 30.0 Å². The molecule has 2 heterocycles. The Morgan fingerprint density at radius 3 is 2.76 bits per heavy atom. The maximum absolute atomic E-state index is 4.79. The molecule has 0 fully saturated rings. The van der Waals surface area contributed by atoms with Gasteiger partial charge in [0.15, 0.2) is 5.96 Å². The number of aromatic nitrogens is 3. The van der Waals surface area contributed by atoms with Crippen LogP contribution in [0, 0.1) is 0 Å². The third kappa shape index (κ3) is 7.43. The molecule has 6 nitrogen and oxygen atoms in total. The van der Waals surface area contributed by atoms with E-state index in [9.17, 15) is 0 Å². The highest BCUT2D eigenvalue weighted by Gasteiger charge is 2.08. The summed E-state index contributed by atoms with van der Waals surface area (Å²) in [6.45, 7) is 6.57. The van der Waals surface area contributed by atoms with Crippen LogP contribution in [-0.2, 0) is 19.4 Å². The Hall–Kier alpha value is -1.94. The molecule has 1 aromatic carbocycles. The van der Waals surface area contributed by atoms with Gasteiger partial charge in [-0.15, -0.1) is 45.5 Å². The number of rotatable bonds is 9. The van der Waals surface area contributed by atoms with E-state index >= 15 is 0 Å². The van der Waals surface area contributed by atoms with Crippen LogP contribution in [0.1, 0.15) is 36.2 Å². The molecule has 0 aliphatic rings. The number of aryl methyl sites for hydroxylation is 1. The van der Waals surface area contributed by atoms with Gasteiger partial charge in [0, 0.05) is 37.4 Å². The molecule has 1 unspecified atom stereocenters. The van der Waals surface area contributed by atoms with Gasteiger partial charge in [-0.3, -0.25) is 4.99 Å². The summed E-state index contributed by atoms with van der Waals surface area (Å²) in [5.74, 6) is 1.84. The second-order valence-corrected chi connectivity index (χ2v) is 7.59. The second kappa shape index (κ2) is 12.6. The standard InChI is InChI=1S/C21H28N6S.HI/c1-3-20-26-24-16-27(20)14-13-23-21(22-12-11-19-10-7-15-28-19)25-17(2)18-8-5-4-6-9-18;/h4-10,15-17H,3,11-14H2,1-2H3,(H2,22,23,25);1H. The van der Waals surface area contributed by atoms with Crippen LogP contribution >= 0.6 is 35.3 Å². The first kappa shape index (κ1) is 23.3. The molecule has 2 aromatic heterocycles. The van der Waals surface area contributed by atoms with Gasteiger partial charge in [-0.2, -0.15) is 0 Å². The van der Waals surface area contributed by atoms with Gasteiger partial charge in [0.05, 0.1) is 6.04 Å². The maximum atomic E-state index is 4.79. The summed E-state index contributed by atoms with van der Waals surface area (Å²) < 4.78 is 2.08. The first-order valence-corrected chi connectivity index (χ1v) is 10.6. The Bertz CT molecular complexity index is 847. The number of nitrogens with zero attached hydrogens (tertiary/aromatic N) is 4. The zero-order chi connectivity index (χ0) is 19.6. The zero-order valence-corrected chi connectivity index (χ0v) is 20.1. The molecule has 156 valence electrons. The molecule has 0 aliphatic carbocycles. The number of hydrogen-bond acceptors (Lipinski definition) is 4. The molecule has 0 radical (unpaired) electrons. The van der Waals surface area contributed by atoms with Crippen molar-refractivity contribution in [2.75, 3.05) is 13.1 Å². The molecule has 0 saturated carbocycles. The summed E-state index contributed by atoms with van der Waals surface area (Å²) in [4.78, 5) is 6.14. The van der Waals surface area contributed by atoms with Crippen molar-refractivity contribution in [2.24, 2.45) is 4.99 Å². The molecule has 0 amide bonds. The van der Waals surface area contributed by atoms with E-state index in [2.05, 4.69) is 81.0 Å². The van der Waals surface area contributed by atoms with Crippen LogP contribution in [-0.4, -0.2) is 33.8 Å². The number of halogens is 1. The van der Waals surface area contributed by atoms with Crippen LogP contribution in [0.3, 0.4) is 0 Å². The topological polar surface area (TPSA) is 67.1 Å². The van der Waals surface area contributed by atoms with E-state index < -0.39 is 0 Å². The summed E-state index contributed by atoms with van der Waals surface area (Å²) in [7, 11) is 0. The molecule has 0 saturated heterocycles. The molecule has 0 spiro atoms. The van der Waals surface area contributed by atoms with E-state index in [1.165, 1.54) is 10.4 Å². The highest BCUT2D eigenvalue weighted by atomic mass is 127. The van der Waals surface area contributed by atoms with Gasteiger partial charge in [-0.1, -0.05) is 43.3 Å². The monoisotopic (exact) mass is 524 g/mol. The van der Waals surface area contributed by atoms with Gasteiger partial charge in [0.1, 0.15) is 12.2 Å². The van der Waals surface area contributed by atoms with Crippen molar-refractivity contribution in [3.63, 3.8) is 0 Å². The SMILES string of the molecule is CCc1nncn1CCNC(=NCCc1cccs1)NC(C)c1ccccc1.I. The van der Waals surface area contributed by atoms with Crippen molar-refractivity contribution in [3.05, 3.63) is 70.4 Å². The number of hydrogen-bond donors (Lipinski definition) is 2. The minimum atomic E-state index is 0. The normalized spacial score (nSPS) is 12.3. The predicted octanol–water partition coefficient (Wildman–Crippen LogP) is 4.06. The number of nitrogens with one attached hydrogen (secondary N) is 2. The van der Waals surface area contributed by atoms with Crippen LogP contribution in [0.25, 0.3) is 0 Å². The molecule has 3 aromatic rings. The Morgan fingerprint density at radius 2 is 2.03 bits per heavy atom. The average molecular weight is 524 g/mol. The van der Waals surface area contributed by atoms with Crippen LogP contribution in [0.15, 0.2) is 59.2 Å². The number of aliphatic imine (C=N–C) groups is 1. The lowest BCUT2D eigenvalue weighted by Gasteiger charge is -2.19. The molecular formula is C21H29IN6S. The van der Waals surface area contributed by atoms with Crippen molar-refractivity contribution in [2.45, 2.75) is 39.3 Å². The quantitative estimate of drug-likeness (QED) is 0.252. The van der Waals surface area contributed by atoms with Crippen LogP contribution < -0.4 is 10.6 Å². The van der Waals surface area contributed by atoms with Gasteiger partial charge in [0.2, 0.25) is 0 Å². The summed E-state index contributed by atoms with van der Waals surface area (Å²) in [6, 6.07) is 14.8. The fraction of sp³-hybridized carbons (Fsp3) is 0.381. The maximum Gasteiger partial charge on any atom is 0.191 e. The molecule has 3 rings (SSSR count). The van der Waals surface area contributed by atoms with Gasteiger partial charge >= 0.3 is 0 Å². The number of thiophene rings is 1. The summed E-state index contributed by atoms with van der Waals surface area (Å²) in [5, 5.41) is 17.2. The molecule has 0 bridgehead atoms. The fourth-order valence-electron chi connectivity index (χ4n) is 2.95. The van der Waals surface area contributed by atoms with Crippen molar-refractivity contribution < 1.29 is 0 Å². The molecule has 1 atom stereocenters. The Balaban J connectivity index is 0.00000300. The highest BCUT2D eigenvalue weighted by molar-refractivity contribution is 14.0. The average Bonchev–Trinajstić information content (AvgIpc) is 3.40. The largest absolute Gasteiger partial charge is 0.355 e. The Labute approximate surface area is 193 Å². The van der Waals surface area contributed by atoms with Crippen LogP contribution in [0.5, 0.6) is 0 Å². The van der Waals surface area contributed by atoms with Gasteiger partial charge in [0.25, 0.3) is 0 Å². The van der Waals surface area contributed by atoms with E-state index in [1.807, 2.05) is 6.07 Å². The summed E-state index contributed by atoms with van der Waals surface area (Å²) >= 11 is 1.78. The lowest BCUT2D eigenvalue weighted by Crippen LogP contribution is -2.40. The fourth-order valence-corrected chi connectivity index (χ4v) is 3.65. The third-order valence-corrected chi connectivity index (χ3v) is 5.45. The van der Waals surface area contributed by atoms with E-state index in [4.69, 9.17) is 4.99 Å². The summed E-state index contributed by atoms with van der Waals surface area (Å²) in [5.41, 5.74) is 1.24. The lowest BCUT2D eigenvalue weighted by atomic mass is 10.1. The molecule has 0 aliphatic heterocycles. The minimum Gasteiger partial charge on any atom is -0.355 e. The van der Waals surface area contributed by atoms with Crippen molar-refractivity contribution in [3.8, 4) is 0 Å². The van der Waals surface area contributed by atoms with Crippen molar-refractivity contribution in [1.82, 2.24) is 25.4 Å². The zero-order valence-electron chi connectivity index (χ0n) is 16.9. The van der Waals surface area contributed by atoms with E-state index in [0.717, 1.165) is 44.3 Å². The Morgan fingerprint density at radius 1 is 1.21 bits per heavy atom. The number of guanidine groups is 1. The third-order valence-electron chi connectivity index (χ3n) is 4.52. The molecule has 2 N–H and O–H groups in total. The second-order valence-electron chi connectivity index (χ2n) is 6.56. The molecule has 29 heavy (non-hydrogen) atoms. The minimum absolute atomic E-state index is 0. The van der Waals surface area contributed by atoms with Gasteiger partial charge in [-0.25, -0.2) is 0 Å². The van der Waals surface area contributed by atoms with Crippen molar-refractivity contribution in [1.29, 1.82) is 0 Å². The predicted molar refractivity (Wildman–Crippen MR) is 131 cm³/mol. The van der Waals surface area contributed by atoms with Gasteiger partial charge < -0.3 is 15.2 Å². The smallest absolute Gasteiger partial charge is 0.191 e. The molecular weight excluding hydrogens is 495 g/mol. The molecule has 8 heteroatoms. The van der Waals surface area contributed by atoms with Crippen LogP contribution in [0.2, 0.25) is 0 Å². The van der Waals surface area contributed by atoms with Crippen LogP contribution in [0.4, 0.5) is 0 Å². The summed E-state index contributed by atoms with van der Waals surface area (Å²) in [6.07, 6.45) is 3.62. The highest BCUT2D eigenvalue weighted by Crippen LogP contribution is 2.11. The first-order valence-electron chi connectivity index (χ1n) is 9.75. The van der Waals surface area contributed by atoms with Gasteiger partial charge in [-0.05, 0) is 23.9 Å². The lowest BCUT2D eigenvalue weighted by molar-refractivity contribution is 0.619. The van der Waals surface area contributed by atoms with E-state index in [0.29, 0.717) is 0 Å². The Kier molecular flexibility index (Phi) is 10.1.